The zero-order chi connectivity index (χ0) is 13.3. The van der Waals surface area contributed by atoms with Gasteiger partial charge in [0.15, 0.2) is 4.77 Å². The van der Waals surface area contributed by atoms with Crippen molar-refractivity contribution >= 4 is 12.2 Å². The van der Waals surface area contributed by atoms with Crippen LogP contribution in [0.4, 0.5) is 0 Å². The minimum Gasteiger partial charge on any atom is -0.297 e. The van der Waals surface area contributed by atoms with Crippen LogP contribution in [0.3, 0.4) is 0 Å². The summed E-state index contributed by atoms with van der Waals surface area (Å²) in [5.74, 6) is 1.36. The van der Waals surface area contributed by atoms with Gasteiger partial charge in [0.1, 0.15) is 5.82 Å². The number of nitrogens with zero attached hydrogens (tertiary/aromatic N) is 2. The van der Waals surface area contributed by atoms with Crippen molar-refractivity contribution in [3.63, 3.8) is 0 Å². The van der Waals surface area contributed by atoms with E-state index in [9.17, 15) is 0 Å². The van der Waals surface area contributed by atoms with Crippen LogP contribution in [-0.4, -0.2) is 14.8 Å². The van der Waals surface area contributed by atoms with Crippen molar-refractivity contribution in [2.24, 2.45) is 0 Å². The van der Waals surface area contributed by atoms with Crippen LogP contribution < -0.4 is 0 Å². The van der Waals surface area contributed by atoms with E-state index in [1.165, 1.54) is 11.1 Å². The number of hydrogen-bond acceptors (Lipinski definition) is 2. The van der Waals surface area contributed by atoms with Crippen molar-refractivity contribution < 1.29 is 0 Å². The summed E-state index contributed by atoms with van der Waals surface area (Å²) >= 11 is 5.34. The smallest absolute Gasteiger partial charge is 0.195 e. The maximum atomic E-state index is 5.34. The Morgan fingerprint density at radius 1 is 1.17 bits per heavy atom. The predicted octanol–water partition coefficient (Wildman–Crippen LogP) is 3.98. The molecule has 0 aliphatic rings. The van der Waals surface area contributed by atoms with Gasteiger partial charge in [0, 0.05) is 5.92 Å². The largest absolute Gasteiger partial charge is 0.297 e. The van der Waals surface area contributed by atoms with E-state index in [4.69, 9.17) is 12.2 Å². The number of rotatable bonds is 3. The van der Waals surface area contributed by atoms with Gasteiger partial charge < -0.3 is 0 Å². The average molecular weight is 261 g/mol. The van der Waals surface area contributed by atoms with Gasteiger partial charge in [0.25, 0.3) is 0 Å². The Morgan fingerprint density at radius 3 is 2.33 bits per heavy atom. The lowest BCUT2D eigenvalue weighted by Gasteiger charge is -2.17. The Kier molecular flexibility index (Phi) is 3.66. The fourth-order valence-corrected chi connectivity index (χ4v) is 2.39. The first-order valence-electron chi connectivity index (χ1n) is 6.24. The molecule has 0 saturated carbocycles. The van der Waals surface area contributed by atoms with Crippen LogP contribution in [0.2, 0.25) is 0 Å². The summed E-state index contributed by atoms with van der Waals surface area (Å²) in [6.07, 6.45) is 0. The molecular weight excluding hydrogens is 242 g/mol. The molecule has 18 heavy (non-hydrogen) atoms. The highest BCUT2D eigenvalue weighted by atomic mass is 32.1. The SMILES string of the molecule is Cc1ccc(C(C)n2c(C(C)C)n[nH]c2=S)cc1. The molecule has 1 aromatic carbocycles. The quantitative estimate of drug-likeness (QED) is 0.848. The van der Waals surface area contributed by atoms with Crippen LogP contribution in [0, 0.1) is 11.7 Å². The molecule has 0 aliphatic carbocycles. The second kappa shape index (κ2) is 5.06. The van der Waals surface area contributed by atoms with E-state index in [0.717, 1.165) is 5.82 Å². The van der Waals surface area contributed by atoms with Crippen molar-refractivity contribution in [2.45, 2.75) is 39.7 Å². The van der Waals surface area contributed by atoms with Gasteiger partial charge in [-0.1, -0.05) is 43.7 Å². The molecule has 0 fully saturated rings. The van der Waals surface area contributed by atoms with Crippen LogP contribution in [0.25, 0.3) is 0 Å². The molecular formula is C14H19N3S. The normalized spacial score (nSPS) is 12.9. The van der Waals surface area contributed by atoms with E-state index < -0.39 is 0 Å². The van der Waals surface area contributed by atoms with Crippen LogP contribution in [0.1, 0.15) is 49.7 Å². The van der Waals surface area contributed by atoms with Crippen molar-refractivity contribution in [3.8, 4) is 0 Å². The summed E-state index contributed by atoms with van der Waals surface area (Å²) in [5, 5.41) is 7.22. The number of hydrogen-bond donors (Lipinski definition) is 1. The van der Waals surface area contributed by atoms with Gasteiger partial charge >= 0.3 is 0 Å². The van der Waals surface area contributed by atoms with Gasteiger partial charge in [0.2, 0.25) is 0 Å². The van der Waals surface area contributed by atoms with Gasteiger partial charge in [-0.25, -0.2) is 0 Å². The number of aromatic amines is 1. The molecule has 0 saturated heterocycles. The molecule has 1 heterocycles. The summed E-state index contributed by atoms with van der Waals surface area (Å²) in [6.45, 7) is 8.51. The second-order valence-electron chi connectivity index (χ2n) is 5.00. The van der Waals surface area contributed by atoms with Gasteiger partial charge in [-0.05, 0) is 31.6 Å². The fraction of sp³-hybridized carbons (Fsp3) is 0.429. The first kappa shape index (κ1) is 13.0. The van der Waals surface area contributed by atoms with Gasteiger partial charge in [-0.15, -0.1) is 0 Å². The molecule has 4 heteroatoms. The highest BCUT2D eigenvalue weighted by Crippen LogP contribution is 2.23. The first-order valence-corrected chi connectivity index (χ1v) is 6.65. The van der Waals surface area contributed by atoms with Crippen molar-refractivity contribution in [3.05, 3.63) is 46.0 Å². The van der Waals surface area contributed by atoms with Gasteiger partial charge in [-0.3, -0.25) is 9.67 Å². The Morgan fingerprint density at radius 2 is 1.78 bits per heavy atom. The summed E-state index contributed by atoms with van der Waals surface area (Å²) in [5.41, 5.74) is 2.52. The van der Waals surface area contributed by atoms with Gasteiger partial charge in [0.05, 0.1) is 6.04 Å². The molecule has 0 radical (unpaired) electrons. The third kappa shape index (κ3) is 2.38. The van der Waals surface area contributed by atoms with E-state index in [1.807, 2.05) is 0 Å². The van der Waals surface area contributed by atoms with Crippen LogP contribution in [-0.2, 0) is 0 Å². The zero-order valence-corrected chi connectivity index (χ0v) is 12.1. The van der Waals surface area contributed by atoms with Crippen molar-refractivity contribution in [2.75, 3.05) is 0 Å². The molecule has 1 N–H and O–H groups in total. The third-order valence-corrected chi connectivity index (χ3v) is 3.48. The van der Waals surface area contributed by atoms with Crippen LogP contribution >= 0.6 is 12.2 Å². The molecule has 1 unspecified atom stereocenters. The summed E-state index contributed by atoms with van der Waals surface area (Å²) in [7, 11) is 0. The topological polar surface area (TPSA) is 33.6 Å². The minimum atomic E-state index is 0.203. The summed E-state index contributed by atoms with van der Waals surface area (Å²) < 4.78 is 2.79. The molecule has 1 atom stereocenters. The highest BCUT2D eigenvalue weighted by Gasteiger charge is 2.16. The Labute approximate surface area is 113 Å². The maximum Gasteiger partial charge on any atom is 0.195 e. The molecule has 2 aromatic rings. The van der Waals surface area contributed by atoms with Crippen LogP contribution in [0.15, 0.2) is 24.3 Å². The molecule has 96 valence electrons. The molecule has 0 aliphatic heterocycles. The Bertz CT molecular complexity index is 578. The number of benzene rings is 1. The Hall–Kier alpha value is -1.42. The molecule has 0 amide bonds. The fourth-order valence-electron chi connectivity index (χ4n) is 2.09. The third-order valence-electron chi connectivity index (χ3n) is 3.20. The van der Waals surface area contributed by atoms with E-state index in [1.54, 1.807) is 0 Å². The number of aryl methyl sites for hydroxylation is 1. The highest BCUT2D eigenvalue weighted by molar-refractivity contribution is 7.71. The van der Waals surface area contributed by atoms with Crippen molar-refractivity contribution in [1.82, 2.24) is 14.8 Å². The van der Waals surface area contributed by atoms with Gasteiger partial charge in [-0.2, -0.15) is 5.10 Å². The molecule has 3 nitrogen and oxygen atoms in total. The zero-order valence-electron chi connectivity index (χ0n) is 11.3. The Balaban J connectivity index is 2.45. The molecule has 0 bridgehead atoms. The van der Waals surface area contributed by atoms with E-state index >= 15 is 0 Å². The molecule has 1 aromatic heterocycles. The molecule has 2 rings (SSSR count). The lowest BCUT2D eigenvalue weighted by molar-refractivity contribution is 0.573. The lowest BCUT2D eigenvalue weighted by Crippen LogP contribution is -2.12. The first-order chi connectivity index (χ1) is 8.50. The number of aromatic nitrogens is 3. The minimum absolute atomic E-state index is 0.203. The second-order valence-corrected chi connectivity index (χ2v) is 5.39. The average Bonchev–Trinajstić information content (AvgIpc) is 2.71. The van der Waals surface area contributed by atoms with E-state index in [-0.39, 0.29) is 6.04 Å². The van der Waals surface area contributed by atoms with Crippen LogP contribution in [0.5, 0.6) is 0 Å². The number of H-pyrrole nitrogens is 1. The standard InChI is InChI=1S/C14H19N3S/c1-9(2)13-15-16-14(18)17(13)11(4)12-7-5-10(3)6-8-12/h5-9,11H,1-4H3,(H,16,18). The van der Waals surface area contributed by atoms with E-state index in [0.29, 0.717) is 10.7 Å². The van der Waals surface area contributed by atoms with E-state index in [2.05, 4.69) is 66.7 Å². The van der Waals surface area contributed by atoms with Crippen molar-refractivity contribution in [1.29, 1.82) is 0 Å². The monoisotopic (exact) mass is 261 g/mol. The predicted molar refractivity (Wildman–Crippen MR) is 76.5 cm³/mol. The lowest BCUT2D eigenvalue weighted by atomic mass is 10.1. The number of nitrogens with one attached hydrogen (secondary N) is 1. The maximum absolute atomic E-state index is 5.34. The summed E-state index contributed by atoms with van der Waals surface area (Å²) in [4.78, 5) is 0. The summed E-state index contributed by atoms with van der Waals surface area (Å²) in [6, 6.07) is 8.77. The molecule has 0 spiro atoms.